The Hall–Kier alpha value is -3.43. The molecule has 1 aromatic carbocycles. The van der Waals surface area contributed by atoms with E-state index in [1.54, 1.807) is 43.6 Å². The van der Waals surface area contributed by atoms with Crippen molar-refractivity contribution in [3.05, 3.63) is 76.3 Å². The second-order valence-corrected chi connectivity index (χ2v) is 9.73. The average Bonchev–Trinajstić information content (AvgIpc) is 3.38. The fourth-order valence-electron chi connectivity index (χ4n) is 4.26. The minimum atomic E-state index is -0.944. The summed E-state index contributed by atoms with van der Waals surface area (Å²) in [6, 6.07) is 12.4. The molecule has 10 heteroatoms. The number of rotatable bonds is 7. The largest absolute Gasteiger partial charge is 0.384 e. The number of amides is 4. The van der Waals surface area contributed by atoms with E-state index < -0.39 is 23.9 Å². The molecule has 0 bridgehead atoms. The van der Waals surface area contributed by atoms with Crippen LogP contribution in [-0.2, 0) is 16.0 Å². The number of nitrogens with zero attached hydrogens (tertiary/aromatic N) is 3. The van der Waals surface area contributed by atoms with Crippen molar-refractivity contribution in [3.63, 3.8) is 0 Å². The number of pyridine rings is 1. The standard InChI is InChI=1S/C25H26ClN5O3S/c1-3-19(16-6-4-7-17(26)14-16)29-25(34)31-22(24(33)30(2)21-8-5-11-35-21)18(23(31)32)12-15-9-10-28-20(27)13-15/h4-11,13-14,18-19,22H,3,12H2,1-2H3,(H2,27,28)(H,29,34)/t18-,19-,22+/m1/s1. The van der Waals surface area contributed by atoms with E-state index in [0.29, 0.717) is 17.3 Å². The van der Waals surface area contributed by atoms with Crippen LogP contribution in [0, 0.1) is 5.92 Å². The Morgan fingerprint density at radius 1 is 1.26 bits per heavy atom. The van der Waals surface area contributed by atoms with Crippen molar-refractivity contribution in [3.8, 4) is 0 Å². The summed E-state index contributed by atoms with van der Waals surface area (Å²) in [7, 11) is 1.65. The predicted molar refractivity (Wildman–Crippen MR) is 137 cm³/mol. The molecule has 182 valence electrons. The number of halogens is 1. The van der Waals surface area contributed by atoms with E-state index in [-0.39, 0.29) is 18.4 Å². The zero-order chi connectivity index (χ0) is 25.1. The molecule has 1 aliphatic heterocycles. The third-order valence-corrected chi connectivity index (χ3v) is 7.29. The molecule has 8 nitrogen and oxygen atoms in total. The summed E-state index contributed by atoms with van der Waals surface area (Å²) < 4.78 is 0. The first-order valence-corrected chi connectivity index (χ1v) is 12.5. The number of carbonyl (C=O) groups is 3. The molecule has 0 radical (unpaired) electrons. The number of β-lactam (4-membered cyclic amide) rings is 1. The summed E-state index contributed by atoms with van der Waals surface area (Å²) >= 11 is 7.53. The Morgan fingerprint density at radius 2 is 2.06 bits per heavy atom. The fraction of sp³-hybridized carbons (Fsp3) is 0.280. The van der Waals surface area contributed by atoms with Gasteiger partial charge in [0.2, 0.25) is 5.91 Å². The Labute approximate surface area is 212 Å². The van der Waals surface area contributed by atoms with Gasteiger partial charge in [-0.15, -0.1) is 11.3 Å². The number of anilines is 2. The van der Waals surface area contributed by atoms with Gasteiger partial charge >= 0.3 is 6.03 Å². The monoisotopic (exact) mass is 511 g/mol. The molecule has 3 heterocycles. The Morgan fingerprint density at radius 3 is 2.71 bits per heavy atom. The smallest absolute Gasteiger partial charge is 0.325 e. The van der Waals surface area contributed by atoms with Gasteiger partial charge in [0.1, 0.15) is 11.9 Å². The first-order valence-electron chi connectivity index (χ1n) is 11.2. The van der Waals surface area contributed by atoms with E-state index in [1.165, 1.54) is 16.2 Å². The fourth-order valence-corrected chi connectivity index (χ4v) is 5.16. The van der Waals surface area contributed by atoms with Gasteiger partial charge in [-0.25, -0.2) is 9.78 Å². The van der Waals surface area contributed by atoms with Crippen molar-refractivity contribution in [2.75, 3.05) is 17.7 Å². The maximum absolute atomic E-state index is 13.5. The van der Waals surface area contributed by atoms with Crippen LogP contribution in [-0.4, -0.2) is 40.8 Å². The van der Waals surface area contributed by atoms with Gasteiger partial charge < -0.3 is 16.0 Å². The summed E-state index contributed by atoms with van der Waals surface area (Å²) in [5, 5.41) is 6.05. The molecule has 0 aliphatic carbocycles. The normalized spacial score (nSPS) is 18.0. The SMILES string of the molecule is CC[C@@H](NC(=O)N1C(=O)[C@H](Cc2ccnc(N)c2)[C@H]1C(=O)N(C)c1cccs1)c1cccc(Cl)c1. The number of aromatic nitrogens is 1. The number of carbonyl (C=O) groups excluding carboxylic acids is 3. The maximum Gasteiger partial charge on any atom is 0.325 e. The predicted octanol–water partition coefficient (Wildman–Crippen LogP) is 4.27. The summed E-state index contributed by atoms with van der Waals surface area (Å²) in [6.07, 6.45) is 2.42. The van der Waals surface area contributed by atoms with Crippen molar-refractivity contribution in [1.29, 1.82) is 0 Å². The molecule has 4 rings (SSSR count). The lowest BCUT2D eigenvalue weighted by Crippen LogP contribution is -2.70. The van der Waals surface area contributed by atoms with Crippen LogP contribution < -0.4 is 16.0 Å². The quantitative estimate of drug-likeness (QED) is 0.460. The summed E-state index contributed by atoms with van der Waals surface area (Å²) in [6.45, 7) is 1.92. The van der Waals surface area contributed by atoms with Crippen molar-refractivity contribution in [2.45, 2.75) is 31.8 Å². The molecule has 1 fully saturated rings. The van der Waals surface area contributed by atoms with E-state index in [4.69, 9.17) is 17.3 Å². The summed E-state index contributed by atoms with van der Waals surface area (Å²) in [4.78, 5) is 46.5. The molecular weight excluding hydrogens is 486 g/mol. The highest BCUT2D eigenvalue weighted by Crippen LogP contribution is 2.34. The number of imide groups is 1. The minimum absolute atomic E-state index is 0.273. The number of hydrogen-bond donors (Lipinski definition) is 2. The van der Waals surface area contributed by atoms with Crippen LogP contribution >= 0.6 is 22.9 Å². The van der Waals surface area contributed by atoms with Crippen LogP contribution in [0.3, 0.4) is 0 Å². The van der Waals surface area contributed by atoms with Crippen LogP contribution in [0.4, 0.5) is 15.6 Å². The molecule has 0 spiro atoms. The van der Waals surface area contributed by atoms with Gasteiger partial charge in [-0.3, -0.25) is 14.5 Å². The highest BCUT2D eigenvalue weighted by atomic mass is 35.5. The lowest BCUT2D eigenvalue weighted by atomic mass is 9.81. The van der Waals surface area contributed by atoms with Crippen molar-refractivity contribution < 1.29 is 14.4 Å². The van der Waals surface area contributed by atoms with Crippen LogP contribution in [0.15, 0.2) is 60.1 Å². The first kappa shape index (κ1) is 24.7. The van der Waals surface area contributed by atoms with E-state index in [0.717, 1.165) is 21.0 Å². The van der Waals surface area contributed by atoms with Crippen LogP contribution in [0.2, 0.25) is 5.02 Å². The zero-order valence-corrected chi connectivity index (χ0v) is 20.9. The van der Waals surface area contributed by atoms with E-state index in [1.807, 2.05) is 30.5 Å². The number of nitrogen functional groups attached to an aromatic ring is 1. The summed E-state index contributed by atoms with van der Waals surface area (Å²) in [5.41, 5.74) is 7.39. The second kappa shape index (κ2) is 10.5. The van der Waals surface area contributed by atoms with Crippen molar-refractivity contribution in [1.82, 2.24) is 15.2 Å². The molecule has 3 aromatic rings. The van der Waals surface area contributed by atoms with Crippen LogP contribution in [0.1, 0.15) is 30.5 Å². The van der Waals surface area contributed by atoms with E-state index >= 15 is 0 Å². The first-order chi connectivity index (χ1) is 16.8. The molecule has 0 saturated carbocycles. The van der Waals surface area contributed by atoms with Crippen LogP contribution in [0.25, 0.3) is 0 Å². The molecular formula is C25H26ClN5O3S. The highest BCUT2D eigenvalue weighted by molar-refractivity contribution is 7.14. The van der Waals surface area contributed by atoms with Crippen molar-refractivity contribution in [2.24, 2.45) is 5.92 Å². The Kier molecular flexibility index (Phi) is 7.37. The number of urea groups is 1. The topological polar surface area (TPSA) is 109 Å². The molecule has 1 saturated heterocycles. The molecule has 3 N–H and O–H groups in total. The average molecular weight is 512 g/mol. The minimum Gasteiger partial charge on any atom is -0.384 e. The third-order valence-electron chi connectivity index (χ3n) is 6.11. The second-order valence-electron chi connectivity index (χ2n) is 8.37. The number of nitrogens with one attached hydrogen (secondary N) is 1. The van der Waals surface area contributed by atoms with Crippen LogP contribution in [0.5, 0.6) is 0 Å². The van der Waals surface area contributed by atoms with E-state index in [9.17, 15) is 14.4 Å². The van der Waals surface area contributed by atoms with E-state index in [2.05, 4.69) is 10.3 Å². The molecule has 1 aliphatic rings. The molecule has 35 heavy (non-hydrogen) atoms. The third kappa shape index (κ3) is 5.16. The molecule has 2 aromatic heterocycles. The van der Waals surface area contributed by atoms with Gasteiger partial charge in [-0.05, 0) is 65.7 Å². The molecule has 0 unspecified atom stereocenters. The highest BCUT2D eigenvalue weighted by Gasteiger charge is 2.55. The lowest BCUT2D eigenvalue weighted by Gasteiger charge is -2.45. The lowest BCUT2D eigenvalue weighted by molar-refractivity contribution is -0.156. The number of nitrogens with two attached hydrogens (primary N) is 1. The Balaban J connectivity index is 1.59. The van der Waals surface area contributed by atoms with Gasteiger partial charge in [0, 0.05) is 18.3 Å². The number of thiophene rings is 1. The van der Waals surface area contributed by atoms with Crippen molar-refractivity contribution >= 4 is 51.6 Å². The molecule has 3 atom stereocenters. The summed E-state index contributed by atoms with van der Waals surface area (Å²) in [5.74, 6) is -1.10. The van der Waals surface area contributed by atoms with Gasteiger partial charge in [-0.1, -0.05) is 30.7 Å². The van der Waals surface area contributed by atoms with Gasteiger partial charge in [0.15, 0.2) is 0 Å². The molecule has 4 amide bonds. The van der Waals surface area contributed by atoms with Gasteiger partial charge in [-0.2, -0.15) is 0 Å². The number of likely N-dealkylation sites (N-methyl/N-ethyl adjacent to an activating group) is 1. The number of likely N-dealkylation sites (tertiary alicyclic amines) is 1. The maximum atomic E-state index is 13.5. The van der Waals surface area contributed by atoms with Gasteiger partial charge in [0.05, 0.1) is 17.0 Å². The zero-order valence-electron chi connectivity index (χ0n) is 19.3. The van der Waals surface area contributed by atoms with Gasteiger partial charge in [0.25, 0.3) is 5.91 Å². The number of hydrogen-bond acceptors (Lipinski definition) is 6. The number of benzene rings is 1. The Bertz CT molecular complexity index is 1240.